The second-order valence-corrected chi connectivity index (χ2v) is 4.06. The molecule has 0 unspecified atom stereocenters. The third kappa shape index (κ3) is 12.7. The molecular formula is C7H20O4Si. The Bertz CT molecular complexity index is 60.9. The van der Waals surface area contributed by atoms with Gasteiger partial charge in [-0.3, -0.25) is 0 Å². The van der Waals surface area contributed by atoms with E-state index in [0.29, 0.717) is 6.61 Å². The fraction of sp³-hybridized carbons (Fsp3) is 1.00. The summed E-state index contributed by atoms with van der Waals surface area (Å²) in [5.74, 6) is 0. The molecule has 4 nitrogen and oxygen atoms in total. The first-order valence-electron chi connectivity index (χ1n) is 3.96. The van der Waals surface area contributed by atoms with Crippen molar-refractivity contribution < 1.29 is 18.4 Å². The number of unbranched alkanes of at least 4 members (excludes halogenated alkanes) is 1. The summed E-state index contributed by atoms with van der Waals surface area (Å²) in [7, 11) is 3.05. The van der Waals surface area contributed by atoms with Gasteiger partial charge in [-0.05, 0) is 6.42 Å². The Balaban J connectivity index is 0. The molecule has 76 valence electrons. The Kier molecular flexibility index (Phi) is 16.6. The third-order valence-corrected chi connectivity index (χ3v) is 2.24. The molecule has 0 radical (unpaired) electrons. The first-order chi connectivity index (χ1) is 5.76. The van der Waals surface area contributed by atoms with Crippen LogP contribution in [0.25, 0.3) is 0 Å². The standard InChI is InChI=1S/C4H10O.C3H10O3Si/c1-2-3-4-5;1-4-7(5-2)6-3/h5H,2-4H2,1H3;7H,1-3H3. The van der Waals surface area contributed by atoms with E-state index in [2.05, 4.69) is 6.92 Å². The Morgan fingerprint density at radius 3 is 1.50 bits per heavy atom. The Morgan fingerprint density at radius 1 is 1.08 bits per heavy atom. The summed E-state index contributed by atoms with van der Waals surface area (Å²) in [4.78, 5) is 0. The molecule has 0 heterocycles. The highest BCUT2D eigenvalue weighted by molar-refractivity contribution is 6.36. The van der Waals surface area contributed by atoms with Crippen molar-refractivity contribution in [2.75, 3.05) is 27.9 Å². The SMILES string of the molecule is CCCCO.CO[SiH](OC)OC. The van der Waals surface area contributed by atoms with Crippen molar-refractivity contribution in [1.82, 2.24) is 0 Å². The average Bonchev–Trinajstić information content (AvgIpc) is 2.10. The highest BCUT2D eigenvalue weighted by Crippen LogP contribution is 1.81. The molecule has 0 aliphatic carbocycles. The van der Waals surface area contributed by atoms with Crippen molar-refractivity contribution in [3.8, 4) is 0 Å². The first kappa shape index (κ1) is 14.6. The molecule has 0 rings (SSSR count). The molecule has 0 saturated heterocycles. The van der Waals surface area contributed by atoms with Crippen molar-refractivity contribution >= 4 is 9.53 Å². The predicted molar refractivity (Wildman–Crippen MR) is 50.2 cm³/mol. The summed E-state index contributed by atoms with van der Waals surface area (Å²) >= 11 is 0. The molecule has 5 heteroatoms. The first-order valence-corrected chi connectivity index (χ1v) is 5.37. The van der Waals surface area contributed by atoms with E-state index >= 15 is 0 Å². The summed E-state index contributed by atoms with van der Waals surface area (Å²) in [6.45, 7) is 2.40. The van der Waals surface area contributed by atoms with E-state index in [1.54, 1.807) is 21.3 Å². The molecule has 0 fully saturated rings. The van der Waals surface area contributed by atoms with Gasteiger partial charge in [-0.2, -0.15) is 0 Å². The normalized spacial score (nSPS) is 9.50. The van der Waals surface area contributed by atoms with Crippen LogP contribution in [-0.4, -0.2) is 42.6 Å². The highest BCUT2D eigenvalue weighted by atomic mass is 28.3. The summed E-state index contributed by atoms with van der Waals surface area (Å²) in [6.07, 6.45) is 2.04. The van der Waals surface area contributed by atoms with Gasteiger partial charge >= 0.3 is 9.53 Å². The molecule has 0 saturated carbocycles. The number of aliphatic hydroxyl groups is 1. The zero-order valence-corrected chi connectivity index (χ0v) is 9.53. The van der Waals surface area contributed by atoms with Crippen LogP contribution in [0.1, 0.15) is 19.8 Å². The van der Waals surface area contributed by atoms with Gasteiger partial charge in [0.05, 0.1) is 0 Å². The van der Waals surface area contributed by atoms with Crippen LogP contribution >= 0.6 is 0 Å². The number of rotatable bonds is 5. The molecule has 0 aromatic heterocycles. The molecular weight excluding hydrogens is 176 g/mol. The fourth-order valence-corrected chi connectivity index (χ4v) is 1.02. The summed E-state index contributed by atoms with van der Waals surface area (Å²) in [5.41, 5.74) is 0. The van der Waals surface area contributed by atoms with E-state index in [-0.39, 0.29) is 0 Å². The molecule has 0 bridgehead atoms. The molecule has 0 aromatic carbocycles. The van der Waals surface area contributed by atoms with Crippen LogP contribution in [0, 0.1) is 0 Å². The van der Waals surface area contributed by atoms with Gasteiger partial charge in [0.2, 0.25) is 0 Å². The molecule has 0 atom stereocenters. The molecule has 0 aliphatic rings. The lowest BCUT2D eigenvalue weighted by molar-refractivity contribution is 0.163. The quantitative estimate of drug-likeness (QED) is 0.648. The van der Waals surface area contributed by atoms with E-state index in [9.17, 15) is 0 Å². The molecule has 0 aliphatic heterocycles. The summed E-state index contributed by atoms with van der Waals surface area (Å²) in [6, 6.07) is 0. The van der Waals surface area contributed by atoms with Gasteiger partial charge in [0.15, 0.2) is 0 Å². The third-order valence-electron chi connectivity index (χ3n) is 1.09. The van der Waals surface area contributed by atoms with Gasteiger partial charge in [-0.15, -0.1) is 0 Å². The van der Waals surface area contributed by atoms with Crippen molar-refractivity contribution in [3.63, 3.8) is 0 Å². The highest BCUT2D eigenvalue weighted by Gasteiger charge is 2.04. The zero-order valence-electron chi connectivity index (χ0n) is 8.37. The van der Waals surface area contributed by atoms with Crippen molar-refractivity contribution in [2.45, 2.75) is 19.8 Å². The van der Waals surface area contributed by atoms with Crippen molar-refractivity contribution in [1.29, 1.82) is 0 Å². The lowest BCUT2D eigenvalue weighted by atomic mass is 10.4. The van der Waals surface area contributed by atoms with Crippen LogP contribution in [0.2, 0.25) is 0 Å². The minimum absolute atomic E-state index is 0.344. The van der Waals surface area contributed by atoms with Crippen molar-refractivity contribution in [2.24, 2.45) is 0 Å². The van der Waals surface area contributed by atoms with Crippen molar-refractivity contribution in [3.05, 3.63) is 0 Å². The molecule has 12 heavy (non-hydrogen) atoms. The van der Waals surface area contributed by atoms with Gasteiger partial charge in [0.25, 0.3) is 0 Å². The van der Waals surface area contributed by atoms with Gasteiger partial charge in [-0.1, -0.05) is 13.3 Å². The van der Waals surface area contributed by atoms with Gasteiger partial charge < -0.3 is 18.4 Å². The average molecular weight is 196 g/mol. The van der Waals surface area contributed by atoms with Gasteiger partial charge in [0.1, 0.15) is 0 Å². The molecule has 1 N–H and O–H groups in total. The van der Waals surface area contributed by atoms with Gasteiger partial charge in [-0.25, -0.2) is 0 Å². The van der Waals surface area contributed by atoms with Gasteiger partial charge in [0, 0.05) is 27.9 Å². The Morgan fingerprint density at radius 2 is 1.50 bits per heavy atom. The maximum absolute atomic E-state index is 8.07. The second kappa shape index (κ2) is 13.6. The Labute approximate surface area is 76.4 Å². The van der Waals surface area contributed by atoms with E-state index in [0.717, 1.165) is 12.8 Å². The monoisotopic (exact) mass is 196 g/mol. The minimum atomic E-state index is -1.67. The second-order valence-electron chi connectivity index (χ2n) is 2.07. The maximum atomic E-state index is 8.07. The predicted octanol–water partition coefficient (Wildman–Crippen LogP) is 0.422. The fourth-order valence-electron chi connectivity index (χ4n) is 0.447. The molecule has 0 spiro atoms. The maximum Gasteiger partial charge on any atom is 0.483 e. The number of hydrogen-bond acceptors (Lipinski definition) is 4. The smallest absolute Gasteiger partial charge is 0.396 e. The summed E-state index contributed by atoms with van der Waals surface area (Å²) in [5, 5.41) is 8.07. The molecule has 0 amide bonds. The molecule has 0 aromatic rings. The van der Waals surface area contributed by atoms with E-state index in [1.165, 1.54) is 0 Å². The van der Waals surface area contributed by atoms with Crippen LogP contribution in [0.15, 0.2) is 0 Å². The van der Waals surface area contributed by atoms with E-state index in [1.807, 2.05) is 0 Å². The zero-order chi connectivity index (χ0) is 9.82. The lowest BCUT2D eigenvalue weighted by Crippen LogP contribution is -2.21. The number of hydrogen-bond donors (Lipinski definition) is 1. The van der Waals surface area contributed by atoms with E-state index < -0.39 is 9.53 Å². The van der Waals surface area contributed by atoms with E-state index in [4.69, 9.17) is 18.4 Å². The summed E-state index contributed by atoms with van der Waals surface area (Å²) < 4.78 is 14.2. The topological polar surface area (TPSA) is 47.9 Å². The minimum Gasteiger partial charge on any atom is -0.396 e. The Hall–Kier alpha value is 0.0569. The van der Waals surface area contributed by atoms with Crippen LogP contribution in [-0.2, 0) is 13.3 Å². The lowest BCUT2D eigenvalue weighted by Gasteiger charge is -2.05. The van der Waals surface area contributed by atoms with Crippen LogP contribution < -0.4 is 0 Å². The van der Waals surface area contributed by atoms with Crippen LogP contribution in [0.4, 0.5) is 0 Å². The van der Waals surface area contributed by atoms with Crippen LogP contribution in [0.5, 0.6) is 0 Å². The number of aliphatic hydroxyl groups excluding tert-OH is 1. The van der Waals surface area contributed by atoms with Crippen LogP contribution in [0.3, 0.4) is 0 Å². The largest absolute Gasteiger partial charge is 0.483 e.